The van der Waals surface area contributed by atoms with Crippen molar-refractivity contribution in [1.29, 1.82) is 0 Å². The third-order valence-corrected chi connectivity index (χ3v) is 16.0. The number of amides is 1. The summed E-state index contributed by atoms with van der Waals surface area (Å²) in [5, 5.41) is 23.3. The van der Waals surface area contributed by atoms with Gasteiger partial charge in [-0.3, -0.25) is 9.59 Å². The third-order valence-electron chi connectivity index (χ3n) is 16.0. The number of allylic oxidation sites excluding steroid dienone is 7. The van der Waals surface area contributed by atoms with Crippen LogP contribution in [0.4, 0.5) is 0 Å². The number of aliphatic hydroxyl groups is 2. The Kier molecular flexibility index (Phi) is 65.4. The van der Waals surface area contributed by atoms with Crippen molar-refractivity contribution in [3.8, 4) is 0 Å². The summed E-state index contributed by atoms with van der Waals surface area (Å²) in [6.07, 6.45) is 87.5. The van der Waals surface area contributed by atoms with E-state index in [-0.39, 0.29) is 18.5 Å². The molecule has 0 aromatic carbocycles. The maximum absolute atomic E-state index is 12.5. The highest BCUT2D eigenvalue weighted by molar-refractivity contribution is 5.76. The topological polar surface area (TPSA) is 95.9 Å². The Morgan fingerprint density at radius 3 is 1.04 bits per heavy atom. The molecule has 458 valence electrons. The standard InChI is InChI=1S/C72H135NO5/c1-3-5-7-9-11-13-15-17-18-19-20-21-22-23-25-28-31-34-37-41-44-48-52-56-60-64-70(75)69(68-74)73-71(76)65-61-57-53-49-45-42-38-35-32-29-26-24-27-30-33-36-39-43-47-51-55-59-63-67-78-72(77)66-62-58-54-50-46-40-16-14-12-10-8-6-4-2/h8,10,14,16,29,32,60,64,69-70,74-75H,3-7,9,11-13,15,17-28,30-31,33-59,61-63,65-68H2,1-2H3,(H,73,76)/b10-8-,16-14-,32-29-,64-60+. The summed E-state index contributed by atoms with van der Waals surface area (Å²) in [6, 6.07) is -0.635. The first-order valence-corrected chi connectivity index (χ1v) is 34.9. The van der Waals surface area contributed by atoms with Crippen LogP contribution in [0.3, 0.4) is 0 Å². The molecule has 0 aromatic heterocycles. The zero-order valence-corrected chi connectivity index (χ0v) is 52.4. The molecule has 0 fully saturated rings. The highest BCUT2D eigenvalue weighted by Gasteiger charge is 2.18. The predicted octanol–water partition coefficient (Wildman–Crippen LogP) is 22.5. The lowest BCUT2D eigenvalue weighted by Gasteiger charge is -2.20. The van der Waals surface area contributed by atoms with E-state index in [4.69, 9.17) is 4.74 Å². The normalized spacial score (nSPS) is 12.8. The smallest absolute Gasteiger partial charge is 0.305 e. The summed E-state index contributed by atoms with van der Waals surface area (Å²) in [5.41, 5.74) is 0. The predicted molar refractivity (Wildman–Crippen MR) is 342 cm³/mol. The van der Waals surface area contributed by atoms with Crippen LogP contribution < -0.4 is 5.32 Å². The Hall–Kier alpha value is -2.18. The van der Waals surface area contributed by atoms with Gasteiger partial charge >= 0.3 is 5.97 Å². The number of esters is 1. The fourth-order valence-corrected chi connectivity index (χ4v) is 10.7. The van der Waals surface area contributed by atoms with Gasteiger partial charge in [-0.15, -0.1) is 0 Å². The number of aliphatic hydroxyl groups excluding tert-OH is 2. The van der Waals surface area contributed by atoms with E-state index in [1.807, 2.05) is 6.08 Å². The second-order valence-corrected chi connectivity index (χ2v) is 23.9. The lowest BCUT2D eigenvalue weighted by Crippen LogP contribution is -2.45. The fraction of sp³-hybridized carbons (Fsp3) is 0.861. The van der Waals surface area contributed by atoms with Gasteiger partial charge in [-0.25, -0.2) is 0 Å². The van der Waals surface area contributed by atoms with E-state index in [2.05, 4.69) is 55.6 Å². The Labute approximate surface area is 486 Å². The number of nitrogens with one attached hydrogen (secondary N) is 1. The van der Waals surface area contributed by atoms with Crippen molar-refractivity contribution in [1.82, 2.24) is 5.32 Å². The van der Waals surface area contributed by atoms with Crippen LogP contribution in [0, 0.1) is 0 Å². The van der Waals surface area contributed by atoms with Crippen LogP contribution in [-0.2, 0) is 14.3 Å². The average molecular weight is 1090 g/mol. The van der Waals surface area contributed by atoms with E-state index in [1.54, 1.807) is 6.08 Å². The van der Waals surface area contributed by atoms with Gasteiger partial charge in [0.05, 0.1) is 25.4 Å². The number of carbonyl (C=O) groups is 2. The van der Waals surface area contributed by atoms with Gasteiger partial charge in [0.1, 0.15) is 0 Å². The monoisotopic (exact) mass is 1090 g/mol. The number of rotatable bonds is 65. The summed E-state index contributed by atoms with van der Waals surface area (Å²) in [6.45, 7) is 4.86. The molecule has 0 rings (SSSR count). The van der Waals surface area contributed by atoms with Crippen LogP contribution in [-0.4, -0.2) is 47.4 Å². The second kappa shape index (κ2) is 67.3. The zero-order chi connectivity index (χ0) is 56.4. The molecule has 0 aliphatic heterocycles. The molecular weight excluding hydrogens is 959 g/mol. The van der Waals surface area contributed by atoms with Gasteiger partial charge in [-0.1, -0.05) is 326 Å². The molecule has 3 N–H and O–H groups in total. The summed E-state index contributed by atoms with van der Waals surface area (Å²) in [4.78, 5) is 24.6. The van der Waals surface area contributed by atoms with E-state index < -0.39 is 12.1 Å². The maximum atomic E-state index is 12.5. The molecule has 0 saturated heterocycles. The van der Waals surface area contributed by atoms with Crippen molar-refractivity contribution >= 4 is 11.9 Å². The first-order chi connectivity index (χ1) is 38.5. The largest absolute Gasteiger partial charge is 0.466 e. The molecule has 0 aliphatic carbocycles. The molecule has 1 amide bonds. The first kappa shape index (κ1) is 75.8. The maximum Gasteiger partial charge on any atom is 0.305 e. The molecule has 0 radical (unpaired) electrons. The molecule has 2 unspecified atom stereocenters. The van der Waals surface area contributed by atoms with E-state index >= 15 is 0 Å². The van der Waals surface area contributed by atoms with Crippen LogP contribution in [0.5, 0.6) is 0 Å². The molecule has 6 nitrogen and oxygen atoms in total. The molecule has 0 aromatic rings. The van der Waals surface area contributed by atoms with Crippen LogP contribution >= 0.6 is 0 Å². The summed E-state index contributed by atoms with van der Waals surface area (Å²) in [5.74, 6) is -0.0753. The highest BCUT2D eigenvalue weighted by Crippen LogP contribution is 2.18. The molecule has 78 heavy (non-hydrogen) atoms. The van der Waals surface area contributed by atoms with Gasteiger partial charge in [-0.05, 0) is 83.5 Å². The SMILES string of the molecule is CCC/C=C\C/C=C\CCCCCCCC(=O)OCCCCCCCCCCCCCC/C=C\CCCCCCCCCC(=O)NC(CO)C(O)/C=C/CCCCCCCCCCCCCCCCCCCCCCCCC. The Morgan fingerprint density at radius 1 is 0.359 bits per heavy atom. The van der Waals surface area contributed by atoms with Crippen LogP contribution in [0.1, 0.15) is 373 Å². The van der Waals surface area contributed by atoms with Crippen LogP contribution in [0.25, 0.3) is 0 Å². The third kappa shape index (κ3) is 63.0. The van der Waals surface area contributed by atoms with Crippen LogP contribution in [0.15, 0.2) is 48.6 Å². The minimum atomic E-state index is -0.851. The summed E-state index contributed by atoms with van der Waals surface area (Å²) < 4.78 is 5.47. The fourth-order valence-electron chi connectivity index (χ4n) is 10.7. The van der Waals surface area contributed by atoms with E-state index in [0.717, 1.165) is 57.8 Å². The van der Waals surface area contributed by atoms with Crippen molar-refractivity contribution in [3.63, 3.8) is 0 Å². The molecule has 0 aliphatic rings. The first-order valence-electron chi connectivity index (χ1n) is 34.9. The summed E-state index contributed by atoms with van der Waals surface area (Å²) >= 11 is 0. The lowest BCUT2D eigenvalue weighted by molar-refractivity contribution is -0.143. The lowest BCUT2D eigenvalue weighted by atomic mass is 10.0. The number of ether oxygens (including phenoxy) is 1. The van der Waals surface area contributed by atoms with Crippen molar-refractivity contribution in [2.24, 2.45) is 0 Å². The van der Waals surface area contributed by atoms with E-state index in [0.29, 0.717) is 19.4 Å². The minimum absolute atomic E-state index is 0.00424. The molecule has 0 saturated carbocycles. The quantitative estimate of drug-likeness (QED) is 0.0320. The number of carbonyl (C=O) groups excluding carboxylic acids is 2. The minimum Gasteiger partial charge on any atom is -0.466 e. The molecule has 2 atom stereocenters. The van der Waals surface area contributed by atoms with Gasteiger partial charge in [0.2, 0.25) is 5.91 Å². The average Bonchev–Trinajstić information content (AvgIpc) is 3.44. The van der Waals surface area contributed by atoms with Gasteiger partial charge < -0.3 is 20.3 Å². The summed E-state index contributed by atoms with van der Waals surface area (Å²) in [7, 11) is 0. The van der Waals surface area contributed by atoms with Gasteiger partial charge in [0.15, 0.2) is 0 Å². The van der Waals surface area contributed by atoms with Gasteiger partial charge in [-0.2, -0.15) is 0 Å². The van der Waals surface area contributed by atoms with Crippen molar-refractivity contribution in [3.05, 3.63) is 48.6 Å². The molecule has 0 spiro atoms. The van der Waals surface area contributed by atoms with Gasteiger partial charge in [0, 0.05) is 12.8 Å². The Bertz CT molecular complexity index is 1310. The molecular formula is C72H135NO5. The number of unbranched alkanes of at least 4 members (excludes halogenated alkanes) is 48. The Morgan fingerprint density at radius 2 is 0.667 bits per heavy atom. The number of hydrogen-bond acceptors (Lipinski definition) is 5. The van der Waals surface area contributed by atoms with E-state index in [9.17, 15) is 19.8 Å². The van der Waals surface area contributed by atoms with Crippen molar-refractivity contribution in [2.45, 2.75) is 386 Å². The molecule has 6 heteroatoms. The molecule has 0 heterocycles. The number of hydrogen-bond donors (Lipinski definition) is 3. The van der Waals surface area contributed by atoms with Crippen LogP contribution in [0.2, 0.25) is 0 Å². The van der Waals surface area contributed by atoms with Crippen molar-refractivity contribution < 1.29 is 24.5 Å². The van der Waals surface area contributed by atoms with Gasteiger partial charge in [0.25, 0.3) is 0 Å². The Balaban J connectivity index is 3.45. The zero-order valence-electron chi connectivity index (χ0n) is 52.4. The van der Waals surface area contributed by atoms with Crippen molar-refractivity contribution in [2.75, 3.05) is 13.2 Å². The highest BCUT2D eigenvalue weighted by atomic mass is 16.5. The van der Waals surface area contributed by atoms with E-state index in [1.165, 1.54) is 289 Å². The molecule has 0 bridgehead atoms. The second-order valence-electron chi connectivity index (χ2n) is 23.9.